The summed E-state index contributed by atoms with van der Waals surface area (Å²) in [5, 5.41) is 11.6. The van der Waals surface area contributed by atoms with Crippen LogP contribution in [0.5, 0.6) is 0 Å². The van der Waals surface area contributed by atoms with Gasteiger partial charge >= 0.3 is 5.97 Å². The SMILES string of the molecule is C#CCCCCNC(C)CC(=O)O. The van der Waals surface area contributed by atoms with E-state index >= 15 is 0 Å². The molecule has 0 aliphatic heterocycles. The van der Waals surface area contributed by atoms with Crippen molar-refractivity contribution in [3.8, 4) is 12.3 Å². The minimum atomic E-state index is -0.761. The molecule has 0 heterocycles. The molecule has 0 aromatic carbocycles. The number of carboxylic acids is 1. The number of hydrogen-bond donors (Lipinski definition) is 2. The molecule has 2 N–H and O–H groups in total. The van der Waals surface area contributed by atoms with Gasteiger partial charge in [-0.2, -0.15) is 0 Å². The van der Waals surface area contributed by atoms with Crippen LogP contribution in [0.2, 0.25) is 0 Å². The van der Waals surface area contributed by atoms with Crippen molar-refractivity contribution in [1.29, 1.82) is 0 Å². The summed E-state index contributed by atoms with van der Waals surface area (Å²) in [6, 6.07) is 0.0448. The Kier molecular flexibility index (Phi) is 7.04. The maximum atomic E-state index is 10.3. The fourth-order valence-corrected chi connectivity index (χ4v) is 1.03. The Balaban J connectivity index is 3.22. The minimum absolute atomic E-state index is 0.0448. The topological polar surface area (TPSA) is 49.3 Å². The highest BCUT2D eigenvalue weighted by Gasteiger charge is 2.05. The molecular formula is C10H17NO2. The van der Waals surface area contributed by atoms with Gasteiger partial charge < -0.3 is 10.4 Å². The highest BCUT2D eigenvalue weighted by atomic mass is 16.4. The number of rotatable bonds is 7. The van der Waals surface area contributed by atoms with Gasteiger partial charge in [0.1, 0.15) is 0 Å². The van der Waals surface area contributed by atoms with Crippen LogP contribution in [0, 0.1) is 12.3 Å². The van der Waals surface area contributed by atoms with Crippen LogP contribution in [0.4, 0.5) is 0 Å². The second kappa shape index (κ2) is 7.63. The summed E-state index contributed by atoms with van der Waals surface area (Å²) in [7, 11) is 0. The molecule has 74 valence electrons. The van der Waals surface area contributed by atoms with E-state index in [9.17, 15) is 4.79 Å². The van der Waals surface area contributed by atoms with Crippen molar-refractivity contribution in [3.63, 3.8) is 0 Å². The molecule has 1 atom stereocenters. The zero-order valence-electron chi connectivity index (χ0n) is 8.05. The lowest BCUT2D eigenvalue weighted by Gasteiger charge is -2.10. The molecule has 0 bridgehead atoms. The van der Waals surface area contributed by atoms with Gasteiger partial charge in [-0.3, -0.25) is 4.79 Å². The summed E-state index contributed by atoms with van der Waals surface area (Å²) in [6.45, 7) is 2.71. The van der Waals surface area contributed by atoms with Crippen LogP contribution in [0.15, 0.2) is 0 Å². The van der Waals surface area contributed by atoms with Gasteiger partial charge in [-0.1, -0.05) is 0 Å². The van der Waals surface area contributed by atoms with Crippen LogP contribution in [-0.4, -0.2) is 23.7 Å². The Morgan fingerprint density at radius 2 is 2.31 bits per heavy atom. The molecule has 0 aromatic rings. The van der Waals surface area contributed by atoms with E-state index in [-0.39, 0.29) is 12.5 Å². The largest absolute Gasteiger partial charge is 0.481 e. The number of carboxylic acid groups (broad SMARTS) is 1. The average Bonchev–Trinajstić information content (AvgIpc) is 2.02. The first-order valence-corrected chi connectivity index (χ1v) is 4.55. The third kappa shape index (κ3) is 8.90. The summed E-state index contributed by atoms with van der Waals surface area (Å²) in [5.41, 5.74) is 0. The first kappa shape index (κ1) is 12.0. The molecule has 0 amide bonds. The molecule has 0 aromatic heterocycles. The van der Waals surface area contributed by atoms with Crippen molar-refractivity contribution in [3.05, 3.63) is 0 Å². The van der Waals surface area contributed by atoms with Gasteiger partial charge in [0, 0.05) is 12.5 Å². The lowest BCUT2D eigenvalue weighted by molar-refractivity contribution is -0.137. The van der Waals surface area contributed by atoms with Crippen molar-refractivity contribution < 1.29 is 9.90 Å². The number of nitrogens with one attached hydrogen (secondary N) is 1. The monoisotopic (exact) mass is 183 g/mol. The van der Waals surface area contributed by atoms with E-state index < -0.39 is 5.97 Å². The lowest BCUT2D eigenvalue weighted by Crippen LogP contribution is -2.29. The first-order valence-electron chi connectivity index (χ1n) is 4.55. The van der Waals surface area contributed by atoms with E-state index in [4.69, 9.17) is 11.5 Å². The van der Waals surface area contributed by atoms with Crippen LogP contribution in [0.25, 0.3) is 0 Å². The molecule has 3 heteroatoms. The van der Waals surface area contributed by atoms with E-state index in [1.165, 1.54) is 0 Å². The standard InChI is InChI=1S/C10H17NO2/c1-3-4-5-6-7-11-9(2)8-10(12)13/h1,9,11H,4-8H2,2H3,(H,12,13). The Morgan fingerprint density at radius 3 is 2.85 bits per heavy atom. The molecule has 0 aliphatic rings. The van der Waals surface area contributed by atoms with Crippen LogP contribution < -0.4 is 5.32 Å². The highest BCUT2D eigenvalue weighted by Crippen LogP contribution is 1.94. The van der Waals surface area contributed by atoms with Gasteiger partial charge in [0.15, 0.2) is 0 Å². The molecule has 1 unspecified atom stereocenters. The van der Waals surface area contributed by atoms with Crippen LogP contribution in [-0.2, 0) is 4.79 Å². The lowest BCUT2D eigenvalue weighted by atomic mass is 10.2. The third-order valence-electron chi connectivity index (χ3n) is 1.72. The molecule has 0 spiro atoms. The Labute approximate surface area is 79.5 Å². The normalized spacial score (nSPS) is 12.0. The number of terminal acetylenes is 1. The van der Waals surface area contributed by atoms with Gasteiger partial charge in [0.05, 0.1) is 6.42 Å². The van der Waals surface area contributed by atoms with Crippen LogP contribution in [0.1, 0.15) is 32.6 Å². The fourth-order valence-electron chi connectivity index (χ4n) is 1.03. The smallest absolute Gasteiger partial charge is 0.304 e. The number of hydrogen-bond acceptors (Lipinski definition) is 2. The predicted octanol–water partition coefficient (Wildman–Crippen LogP) is 1.24. The molecular weight excluding hydrogens is 166 g/mol. The minimum Gasteiger partial charge on any atom is -0.481 e. The van der Waals surface area contributed by atoms with Gasteiger partial charge in [-0.05, 0) is 26.3 Å². The molecule has 0 saturated carbocycles. The van der Waals surface area contributed by atoms with E-state index in [0.29, 0.717) is 0 Å². The van der Waals surface area contributed by atoms with E-state index in [1.54, 1.807) is 0 Å². The van der Waals surface area contributed by atoms with Crippen molar-refractivity contribution >= 4 is 5.97 Å². The zero-order valence-corrected chi connectivity index (χ0v) is 8.05. The zero-order chi connectivity index (χ0) is 10.1. The summed E-state index contributed by atoms with van der Waals surface area (Å²) >= 11 is 0. The molecule has 3 nitrogen and oxygen atoms in total. The number of carbonyl (C=O) groups is 1. The maximum Gasteiger partial charge on any atom is 0.304 e. The van der Waals surface area contributed by atoms with Crippen molar-refractivity contribution in [2.75, 3.05) is 6.54 Å². The molecule has 0 rings (SSSR count). The Morgan fingerprint density at radius 1 is 1.62 bits per heavy atom. The number of aliphatic carboxylic acids is 1. The highest BCUT2D eigenvalue weighted by molar-refractivity contribution is 5.67. The summed E-state index contributed by atoms with van der Waals surface area (Å²) < 4.78 is 0. The molecule has 0 radical (unpaired) electrons. The second-order valence-corrected chi connectivity index (χ2v) is 3.11. The van der Waals surface area contributed by atoms with Crippen molar-refractivity contribution in [1.82, 2.24) is 5.32 Å². The van der Waals surface area contributed by atoms with E-state index in [0.717, 1.165) is 25.8 Å². The van der Waals surface area contributed by atoms with Gasteiger partial charge in [-0.15, -0.1) is 12.3 Å². The van der Waals surface area contributed by atoms with Gasteiger partial charge in [0.25, 0.3) is 0 Å². The predicted molar refractivity (Wildman–Crippen MR) is 52.4 cm³/mol. The van der Waals surface area contributed by atoms with Gasteiger partial charge in [-0.25, -0.2) is 0 Å². The quantitative estimate of drug-likeness (QED) is 0.461. The van der Waals surface area contributed by atoms with Crippen LogP contribution in [0.3, 0.4) is 0 Å². The molecule has 13 heavy (non-hydrogen) atoms. The Hall–Kier alpha value is -1.01. The summed E-state index contributed by atoms with van der Waals surface area (Å²) in [6.07, 6.45) is 8.08. The molecule has 0 aliphatic carbocycles. The third-order valence-corrected chi connectivity index (χ3v) is 1.72. The van der Waals surface area contributed by atoms with Crippen molar-refractivity contribution in [2.24, 2.45) is 0 Å². The summed E-state index contributed by atoms with van der Waals surface area (Å²) in [4.78, 5) is 10.3. The van der Waals surface area contributed by atoms with Crippen LogP contribution >= 0.6 is 0 Å². The first-order chi connectivity index (χ1) is 6.16. The fraction of sp³-hybridized carbons (Fsp3) is 0.700. The van der Waals surface area contributed by atoms with Gasteiger partial charge in [0.2, 0.25) is 0 Å². The summed E-state index contributed by atoms with van der Waals surface area (Å²) in [5.74, 6) is 1.81. The molecule has 0 fully saturated rings. The van der Waals surface area contributed by atoms with E-state index in [2.05, 4.69) is 11.2 Å². The second-order valence-electron chi connectivity index (χ2n) is 3.11. The van der Waals surface area contributed by atoms with E-state index in [1.807, 2.05) is 6.92 Å². The molecule has 0 saturated heterocycles. The maximum absolute atomic E-state index is 10.3. The Bertz CT molecular complexity index is 184. The number of unbranched alkanes of at least 4 members (excludes halogenated alkanes) is 2. The van der Waals surface area contributed by atoms with Crippen molar-refractivity contribution in [2.45, 2.75) is 38.6 Å². The average molecular weight is 183 g/mol.